The molecule has 2 aromatic rings. The molecule has 0 aliphatic heterocycles. The fraction of sp³-hybridized carbons (Fsp3) is 0.0769. The number of aromatic hydroxyl groups is 2. The van der Waals surface area contributed by atoms with Crippen LogP contribution in [0.15, 0.2) is 40.9 Å². The van der Waals surface area contributed by atoms with E-state index < -0.39 is 0 Å². The van der Waals surface area contributed by atoms with Crippen molar-refractivity contribution in [2.75, 3.05) is 0 Å². The molecule has 0 spiro atoms. The largest absolute Gasteiger partial charge is 0.508 e. The van der Waals surface area contributed by atoms with Crippen LogP contribution in [0, 0.1) is 6.92 Å². The molecule has 0 radical (unpaired) electrons. The van der Waals surface area contributed by atoms with Crippen LogP contribution in [0.3, 0.4) is 0 Å². The molecule has 0 saturated carbocycles. The molecule has 2 nitrogen and oxygen atoms in total. The van der Waals surface area contributed by atoms with Gasteiger partial charge in [0.15, 0.2) is 0 Å². The fourth-order valence-electron chi connectivity index (χ4n) is 1.55. The van der Waals surface area contributed by atoms with Crippen LogP contribution in [0.25, 0.3) is 11.1 Å². The average Bonchev–Trinajstić information content (AvgIpc) is 2.28. The molecule has 0 heterocycles. The SMILES string of the molecule is Cc1c(O)ccc(-c2ccc(Br)cc2)c1O. The van der Waals surface area contributed by atoms with Crippen molar-refractivity contribution in [2.45, 2.75) is 6.92 Å². The first-order valence-corrected chi connectivity index (χ1v) is 5.66. The van der Waals surface area contributed by atoms with Crippen molar-refractivity contribution in [1.82, 2.24) is 0 Å². The summed E-state index contributed by atoms with van der Waals surface area (Å²) >= 11 is 3.36. The van der Waals surface area contributed by atoms with Crippen molar-refractivity contribution in [2.24, 2.45) is 0 Å². The van der Waals surface area contributed by atoms with Gasteiger partial charge in [0.05, 0.1) is 0 Å². The zero-order chi connectivity index (χ0) is 11.7. The minimum absolute atomic E-state index is 0.110. The van der Waals surface area contributed by atoms with Gasteiger partial charge < -0.3 is 10.2 Å². The lowest BCUT2D eigenvalue weighted by Crippen LogP contribution is -1.83. The third kappa shape index (κ3) is 1.91. The van der Waals surface area contributed by atoms with E-state index in [1.165, 1.54) is 0 Å². The maximum absolute atomic E-state index is 9.93. The Hall–Kier alpha value is -1.48. The van der Waals surface area contributed by atoms with E-state index in [2.05, 4.69) is 15.9 Å². The molecule has 82 valence electrons. The maximum atomic E-state index is 9.93. The van der Waals surface area contributed by atoms with Gasteiger partial charge in [-0.1, -0.05) is 28.1 Å². The van der Waals surface area contributed by atoms with Crippen molar-refractivity contribution in [1.29, 1.82) is 0 Å². The molecule has 16 heavy (non-hydrogen) atoms. The van der Waals surface area contributed by atoms with Crippen LogP contribution >= 0.6 is 15.9 Å². The number of benzene rings is 2. The summed E-state index contributed by atoms with van der Waals surface area (Å²) in [5.41, 5.74) is 2.15. The van der Waals surface area contributed by atoms with Gasteiger partial charge >= 0.3 is 0 Å². The van der Waals surface area contributed by atoms with E-state index in [-0.39, 0.29) is 11.5 Å². The minimum atomic E-state index is 0.110. The zero-order valence-electron chi connectivity index (χ0n) is 8.74. The van der Waals surface area contributed by atoms with Crippen molar-refractivity contribution in [3.05, 3.63) is 46.4 Å². The molecular weight excluding hydrogens is 268 g/mol. The van der Waals surface area contributed by atoms with E-state index in [4.69, 9.17) is 0 Å². The Morgan fingerprint density at radius 1 is 0.938 bits per heavy atom. The van der Waals surface area contributed by atoms with E-state index in [9.17, 15) is 10.2 Å². The quantitative estimate of drug-likeness (QED) is 0.832. The highest BCUT2D eigenvalue weighted by Gasteiger charge is 2.09. The third-order valence-corrected chi connectivity index (χ3v) is 3.09. The Labute approximate surface area is 102 Å². The Kier molecular flexibility index (Phi) is 2.88. The van der Waals surface area contributed by atoms with Gasteiger partial charge in [0.1, 0.15) is 11.5 Å². The summed E-state index contributed by atoms with van der Waals surface area (Å²) in [7, 11) is 0. The van der Waals surface area contributed by atoms with Crippen LogP contribution in [-0.4, -0.2) is 10.2 Å². The molecule has 0 unspecified atom stereocenters. The summed E-state index contributed by atoms with van der Waals surface area (Å²) in [5, 5.41) is 19.4. The Balaban J connectivity index is 2.57. The molecule has 3 heteroatoms. The lowest BCUT2D eigenvalue weighted by molar-refractivity contribution is 0.444. The van der Waals surface area contributed by atoms with Crippen LogP contribution in [0.1, 0.15) is 5.56 Å². The van der Waals surface area contributed by atoms with Crippen LogP contribution < -0.4 is 0 Å². The van der Waals surface area contributed by atoms with Crippen LogP contribution in [-0.2, 0) is 0 Å². The smallest absolute Gasteiger partial charge is 0.129 e. The average molecular weight is 279 g/mol. The summed E-state index contributed by atoms with van der Waals surface area (Å²) in [5.74, 6) is 0.237. The Morgan fingerprint density at radius 2 is 1.56 bits per heavy atom. The fourth-order valence-corrected chi connectivity index (χ4v) is 1.82. The number of phenolic OH excluding ortho intramolecular Hbond substituents is 2. The van der Waals surface area contributed by atoms with Gasteiger partial charge in [-0.3, -0.25) is 0 Å². The molecule has 0 amide bonds. The van der Waals surface area contributed by atoms with E-state index in [1.807, 2.05) is 24.3 Å². The molecule has 0 atom stereocenters. The number of rotatable bonds is 1. The number of hydrogen-bond acceptors (Lipinski definition) is 2. The monoisotopic (exact) mass is 278 g/mol. The summed E-state index contributed by atoms with van der Waals surface area (Å²) in [4.78, 5) is 0. The summed E-state index contributed by atoms with van der Waals surface area (Å²) in [6.45, 7) is 1.69. The predicted octanol–water partition coefficient (Wildman–Crippen LogP) is 3.84. The first kappa shape index (κ1) is 11.0. The van der Waals surface area contributed by atoms with Gasteiger partial charge in [-0.15, -0.1) is 0 Å². The third-order valence-electron chi connectivity index (χ3n) is 2.56. The first-order valence-electron chi connectivity index (χ1n) is 4.87. The molecule has 0 aromatic heterocycles. The first-order chi connectivity index (χ1) is 7.59. The van der Waals surface area contributed by atoms with Gasteiger partial charge in [0.25, 0.3) is 0 Å². The van der Waals surface area contributed by atoms with E-state index in [0.29, 0.717) is 5.56 Å². The highest BCUT2D eigenvalue weighted by molar-refractivity contribution is 9.10. The molecule has 2 rings (SSSR count). The molecule has 0 bridgehead atoms. The van der Waals surface area contributed by atoms with Crippen molar-refractivity contribution < 1.29 is 10.2 Å². The topological polar surface area (TPSA) is 40.5 Å². The second kappa shape index (κ2) is 4.18. The highest BCUT2D eigenvalue weighted by atomic mass is 79.9. The highest BCUT2D eigenvalue weighted by Crippen LogP contribution is 2.36. The lowest BCUT2D eigenvalue weighted by atomic mass is 10.0. The molecule has 2 aromatic carbocycles. The predicted molar refractivity (Wildman–Crippen MR) is 67.6 cm³/mol. The van der Waals surface area contributed by atoms with Crippen LogP contribution in [0.5, 0.6) is 11.5 Å². The van der Waals surface area contributed by atoms with Gasteiger partial charge in [-0.05, 0) is 36.8 Å². The van der Waals surface area contributed by atoms with Gasteiger partial charge in [0.2, 0.25) is 0 Å². The summed E-state index contributed by atoms with van der Waals surface area (Å²) in [6.07, 6.45) is 0. The lowest BCUT2D eigenvalue weighted by Gasteiger charge is -2.08. The van der Waals surface area contributed by atoms with E-state index in [0.717, 1.165) is 15.6 Å². The van der Waals surface area contributed by atoms with Gasteiger partial charge in [-0.25, -0.2) is 0 Å². The molecular formula is C13H11BrO2. The molecule has 0 saturated heterocycles. The molecule has 0 aliphatic carbocycles. The van der Waals surface area contributed by atoms with E-state index in [1.54, 1.807) is 19.1 Å². The Bertz CT molecular complexity index is 518. The molecule has 2 N–H and O–H groups in total. The maximum Gasteiger partial charge on any atom is 0.129 e. The Morgan fingerprint density at radius 3 is 2.19 bits per heavy atom. The van der Waals surface area contributed by atoms with Crippen molar-refractivity contribution in [3.8, 4) is 22.6 Å². The van der Waals surface area contributed by atoms with Gasteiger partial charge in [0, 0.05) is 15.6 Å². The van der Waals surface area contributed by atoms with Crippen LogP contribution in [0.2, 0.25) is 0 Å². The van der Waals surface area contributed by atoms with Crippen LogP contribution in [0.4, 0.5) is 0 Å². The minimum Gasteiger partial charge on any atom is -0.508 e. The van der Waals surface area contributed by atoms with Crippen molar-refractivity contribution in [3.63, 3.8) is 0 Å². The van der Waals surface area contributed by atoms with Gasteiger partial charge in [-0.2, -0.15) is 0 Å². The second-order valence-corrected chi connectivity index (χ2v) is 4.53. The zero-order valence-corrected chi connectivity index (χ0v) is 10.3. The summed E-state index contributed by atoms with van der Waals surface area (Å²) < 4.78 is 0.992. The summed E-state index contributed by atoms with van der Waals surface area (Å²) in [6, 6.07) is 11.0. The second-order valence-electron chi connectivity index (χ2n) is 3.61. The number of halogens is 1. The number of hydrogen-bond donors (Lipinski definition) is 2. The standard InChI is InChI=1S/C13H11BrO2/c1-8-12(15)7-6-11(13(8)16)9-2-4-10(14)5-3-9/h2-7,15-16H,1H3. The normalized spacial score (nSPS) is 10.4. The van der Waals surface area contributed by atoms with Crippen molar-refractivity contribution >= 4 is 15.9 Å². The van der Waals surface area contributed by atoms with E-state index >= 15 is 0 Å². The number of phenols is 2. The molecule has 0 fully saturated rings. The molecule has 0 aliphatic rings.